The Hall–Kier alpha value is -2.99. The molecule has 3 aliphatic rings. The fraction of sp³-hybridized carbons (Fsp3) is 0.318. The number of hydrogen-bond donors (Lipinski definition) is 0. The standard InChI is InChI=1S/C22H19N3O3/c26-21-19-16-8-9-17(28-16)20(19)22(27)25(21)18-10-11-24(23-18)12-14-6-3-5-13-4-1-2-7-15(13)14/h1-7,10-11,16-17,19-20H,8-9,12H2. The van der Waals surface area contributed by atoms with Crippen LogP contribution in [0, 0.1) is 11.8 Å². The maximum absolute atomic E-state index is 12.9. The molecule has 0 N–H and O–H groups in total. The molecule has 0 spiro atoms. The van der Waals surface area contributed by atoms with Gasteiger partial charge >= 0.3 is 0 Å². The molecule has 6 nitrogen and oxygen atoms in total. The van der Waals surface area contributed by atoms with E-state index in [1.54, 1.807) is 10.7 Å². The predicted molar refractivity (Wildman–Crippen MR) is 103 cm³/mol. The first-order chi connectivity index (χ1) is 13.7. The zero-order chi connectivity index (χ0) is 18.8. The van der Waals surface area contributed by atoms with Crippen LogP contribution in [-0.2, 0) is 20.9 Å². The Bertz CT molecular complexity index is 1090. The Balaban J connectivity index is 1.30. The van der Waals surface area contributed by atoms with Gasteiger partial charge in [0.1, 0.15) is 0 Å². The number of fused-ring (bicyclic) bond motifs is 6. The third-order valence-electron chi connectivity index (χ3n) is 6.35. The van der Waals surface area contributed by atoms with Gasteiger partial charge < -0.3 is 4.74 Å². The van der Waals surface area contributed by atoms with Gasteiger partial charge in [0, 0.05) is 12.3 Å². The molecule has 4 heterocycles. The molecule has 0 saturated carbocycles. The van der Waals surface area contributed by atoms with Gasteiger partial charge in [-0.25, -0.2) is 4.90 Å². The number of nitrogens with zero attached hydrogens (tertiary/aromatic N) is 3. The van der Waals surface area contributed by atoms with Gasteiger partial charge in [0.05, 0.1) is 30.6 Å². The minimum Gasteiger partial charge on any atom is -0.373 e. The Kier molecular flexibility index (Phi) is 3.29. The maximum Gasteiger partial charge on any atom is 0.241 e. The number of carbonyl (C=O) groups excluding carboxylic acids is 2. The summed E-state index contributed by atoms with van der Waals surface area (Å²) in [5.74, 6) is -0.539. The number of carbonyl (C=O) groups is 2. The number of amides is 2. The molecule has 2 amide bonds. The molecule has 140 valence electrons. The number of benzene rings is 2. The van der Waals surface area contributed by atoms with E-state index >= 15 is 0 Å². The molecule has 6 heteroatoms. The number of aromatic nitrogens is 2. The lowest BCUT2D eigenvalue weighted by Gasteiger charge is -2.15. The highest BCUT2D eigenvalue weighted by Gasteiger charge is 2.63. The molecule has 2 aromatic carbocycles. The summed E-state index contributed by atoms with van der Waals surface area (Å²) in [4.78, 5) is 27.1. The van der Waals surface area contributed by atoms with Crippen molar-refractivity contribution in [1.82, 2.24) is 9.78 Å². The van der Waals surface area contributed by atoms with E-state index in [4.69, 9.17) is 4.74 Å². The van der Waals surface area contributed by atoms with Crippen LogP contribution in [-0.4, -0.2) is 33.8 Å². The summed E-state index contributed by atoms with van der Waals surface area (Å²) < 4.78 is 7.58. The Morgan fingerprint density at radius 1 is 0.929 bits per heavy atom. The molecule has 3 fully saturated rings. The zero-order valence-electron chi connectivity index (χ0n) is 15.2. The van der Waals surface area contributed by atoms with Gasteiger partial charge in [0.15, 0.2) is 5.82 Å². The average molecular weight is 373 g/mol. The van der Waals surface area contributed by atoms with E-state index in [1.165, 1.54) is 15.7 Å². The second-order valence-corrected chi connectivity index (χ2v) is 7.86. The number of ether oxygens (including phenoxy) is 1. The summed E-state index contributed by atoms with van der Waals surface area (Å²) in [6.45, 7) is 0.582. The van der Waals surface area contributed by atoms with Gasteiger partial charge in [0.2, 0.25) is 11.8 Å². The minimum atomic E-state index is -0.325. The van der Waals surface area contributed by atoms with Crippen molar-refractivity contribution in [2.45, 2.75) is 31.6 Å². The third kappa shape index (κ3) is 2.15. The highest BCUT2D eigenvalue weighted by molar-refractivity contribution is 6.22. The van der Waals surface area contributed by atoms with E-state index in [2.05, 4.69) is 29.4 Å². The summed E-state index contributed by atoms with van der Waals surface area (Å²) in [5.41, 5.74) is 1.15. The molecular weight excluding hydrogens is 354 g/mol. The Labute approximate surface area is 161 Å². The van der Waals surface area contributed by atoms with E-state index in [9.17, 15) is 9.59 Å². The summed E-state index contributed by atoms with van der Waals surface area (Å²) in [6, 6.07) is 16.2. The summed E-state index contributed by atoms with van der Waals surface area (Å²) in [5, 5.41) is 6.91. The molecule has 1 aromatic heterocycles. The van der Waals surface area contributed by atoms with Crippen LogP contribution in [0.15, 0.2) is 54.7 Å². The lowest BCUT2D eigenvalue weighted by molar-refractivity contribution is -0.124. The first-order valence-electron chi connectivity index (χ1n) is 9.74. The van der Waals surface area contributed by atoms with Crippen LogP contribution in [0.3, 0.4) is 0 Å². The Morgan fingerprint density at radius 3 is 2.43 bits per heavy atom. The molecule has 3 aromatic rings. The van der Waals surface area contributed by atoms with Crippen LogP contribution in [0.1, 0.15) is 18.4 Å². The highest BCUT2D eigenvalue weighted by Crippen LogP contribution is 2.49. The van der Waals surface area contributed by atoms with Gasteiger partial charge in [-0.15, -0.1) is 0 Å². The monoisotopic (exact) mass is 373 g/mol. The van der Waals surface area contributed by atoms with Gasteiger partial charge in [-0.1, -0.05) is 42.5 Å². The van der Waals surface area contributed by atoms with Gasteiger partial charge in [0.25, 0.3) is 0 Å². The van der Waals surface area contributed by atoms with Gasteiger partial charge in [-0.2, -0.15) is 5.10 Å². The predicted octanol–water partition coefficient (Wildman–Crippen LogP) is 2.75. The summed E-state index contributed by atoms with van der Waals surface area (Å²) in [6.07, 6.45) is 3.36. The second kappa shape index (κ2) is 5.75. The van der Waals surface area contributed by atoms with Crippen molar-refractivity contribution in [3.8, 4) is 0 Å². The fourth-order valence-electron chi connectivity index (χ4n) is 5.10. The van der Waals surface area contributed by atoms with Crippen LogP contribution < -0.4 is 4.90 Å². The van der Waals surface area contributed by atoms with Crippen molar-refractivity contribution < 1.29 is 14.3 Å². The van der Waals surface area contributed by atoms with Crippen molar-refractivity contribution in [2.75, 3.05) is 4.90 Å². The van der Waals surface area contributed by atoms with Crippen molar-refractivity contribution >= 4 is 28.4 Å². The van der Waals surface area contributed by atoms with Gasteiger partial charge in [-0.3, -0.25) is 14.3 Å². The van der Waals surface area contributed by atoms with E-state index in [0.29, 0.717) is 12.4 Å². The molecular formula is C22H19N3O3. The highest BCUT2D eigenvalue weighted by atomic mass is 16.5. The SMILES string of the molecule is O=C1C2C3CCC(O3)C2C(=O)N1c1ccn(Cc2cccc3ccccc23)n1. The molecule has 4 atom stereocenters. The topological polar surface area (TPSA) is 64.4 Å². The molecule has 3 saturated heterocycles. The van der Waals surface area contributed by atoms with Crippen LogP contribution in [0.5, 0.6) is 0 Å². The van der Waals surface area contributed by atoms with E-state index in [-0.39, 0.29) is 35.9 Å². The number of imide groups is 1. The average Bonchev–Trinajstić information content (AvgIpc) is 3.47. The van der Waals surface area contributed by atoms with E-state index in [0.717, 1.165) is 18.4 Å². The van der Waals surface area contributed by atoms with Crippen molar-refractivity contribution in [3.05, 3.63) is 60.3 Å². The first-order valence-corrected chi connectivity index (χ1v) is 9.74. The number of hydrogen-bond acceptors (Lipinski definition) is 4. The fourth-order valence-corrected chi connectivity index (χ4v) is 5.10. The second-order valence-electron chi connectivity index (χ2n) is 7.86. The quantitative estimate of drug-likeness (QED) is 0.662. The summed E-state index contributed by atoms with van der Waals surface area (Å²) >= 11 is 0. The number of rotatable bonds is 3. The van der Waals surface area contributed by atoms with E-state index in [1.807, 2.05) is 24.4 Å². The molecule has 2 bridgehead atoms. The van der Waals surface area contributed by atoms with E-state index < -0.39 is 0 Å². The van der Waals surface area contributed by atoms with Crippen LogP contribution in [0.2, 0.25) is 0 Å². The third-order valence-corrected chi connectivity index (χ3v) is 6.35. The summed E-state index contributed by atoms with van der Waals surface area (Å²) in [7, 11) is 0. The molecule has 0 aliphatic carbocycles. The maximum atomic E-state index is 12.9. The first kappa shape index (κ1) is 16.0. The molecule has 6 rings (SSSR count). The molecule has 0 radical (unpaired) electrons. The molecule has 3 aliphatic heterocycles. The van der Waals surface area contributed by atoms with Crippen molar-refractivity contribution in [2.24, 2.45) is 11.8 Å². The smallest absolute Gasteiger partial charge is 0.241 e. The normalized spacial score (nSPS) is 28.5. The largest absolute Gasteiger partial charge is 0.373 e. The van der Waals surface area contributed by atoms with Crippen LogP contribution in [0.25, 0.3) is 10.8 Å². The van der Waals surface area contributed by atoms with Crippen LogP contribution in [0.4, 0.5) is 5.82 Å². The number of anilines is 1. The molecule has 4 unspecified atom stereocenters. The zero-order valence-corrected chi connectivity index (χ0v) is 15.2. The lowest BCUT2D eigenvalue weighted by atomic mass is 9.81. The minimum absolute atomic E-state index is 0.103. The van der Waals surface area contributed by atoms with Crippen molar-refractivity contribution in [1.29, 1.82) is 0 Å². The lowest BCUT2D eigenvalue weighted by Crippen LogP contribution is -2.34. The van der Waals surface area contributed by atoms with Crippen LogP contribution >= 0.6 is 0 Å². The Morgan fingerprint density at radius 2 is 1.64 bits per heavy atom. The molecule has 28 heavy (non-hydrogen) atoms. The van der Waals surface area contributed by atoms with Crippen molar-refractivity contribution in [3.63, 3.8) is 0 Å². The van der Waals surface area contributed by atoms with Gasteiger partial charge in [-0.05, 0) is 29.2 Å².